The molecule has 6 nitrogen and oxygen atoms in total. The molecule has 2 atom stereocenters. The van der Waals surface area contributed by atoms with Crippen LogP contribution in [0.3, 0.4) is 0 Å². The molecule has 25 heavy (non-hydrogen) atoms. The molecule has 134 valence electrons. The molecular formula is C19H22O6. The van der Waals surface area contributed by atoms with Crippen LogP contribution in [0.5, 0.6) is 23.0 Å². The van der Waals surface area contributed by atoms with Crippen molar-refractivity contribution in [3.05, 3.63) is 47.0 Å². The van der Waals surface area contributed by atoms with E-state index in [1.54, 1.807) is 18.2 Å². The highest BCUT2D eigenvalue weighted by atomic mass is 16.5. The summed E-state index contributed by atoms with van der Waals surface area (Å²) in [6, 6.07) is 8.42. The molecule has 2 unspecified atom stereocenters. The minimum Gasteiger partial charge on any atom is -0.504 e. The van der Waals surface area contributed by atoms with Crippen molar-refractivity contribution in [3.63, 3.8) is 0 Å². The Balaban J connectivity index is 1.97. The van der Waals surface area contributed by atoms with Gasteiger partial charge in [-0.05, 0) is 42.2 Å². The van der Waals surface area contributed by atoms with Crippen LogP contribution in [-0.2, 0) is 6.42 Å². The standard InChI is InChI=1S/C19H22O6/c1-24-17-9-12(4-5-15(17)22)18-14(10-21)13-7-11(3-2-6-20)8-16(23)19(13)25-18/h4-5,7-9,14,18,20-23H,2-3,6,10H2,1H3. The number of phenolic OH excluding ortho intramolecular Hbond substituents is 2. The van der Waals surface area contributed by atoms with Gasteiger partial charge in [-0.2, -0.15) is 0 Å². The van der Waals surface area contributed by atoms with Crippen LogP contribution in [0, 0.1) is 0 Å². The van der Waals surface area contributed by atoms with Crippen LogP contribution in [0.1, 0.15) is 35.1 Å². The van der Waals surface area contributed by atoms with Crippen molar-refractivity contribution < 1.29 is 29.9 Å². The number of fused-ring (bicyclic) bond motifs is 1. The fourth-order valence-corrected chi connectivity index (χ4v) is 3.27. The zero-order valence-corrected chi connectivity index (χ0v) is 14.0. The molecule has 1 heterocycles. The second-order valence-electron chi connectivity index (χ2n) is 6.12. The van der Waals surface area contributed by atoms with Gasteiger partial charge in [-0.1, -0.05) is 12.1 Å². The maximum atomic E-state index is 10.3. The third-order valence-electron chi connectivity index (χ3n) is 4.52. The van der Waals surface area contributed by atoms with E-state index in [9.17, 15) is 15.3 Å². The number of hydrogen-bond acceptors (Lipinski definition) is 6. The van der Waals surface area contributed by atoms with Crippen LogP contribution in [0.15, 0.2) is 30.3 Å². The number of rotatable bonds is 6. The highest BCUT2D eigenvalue weighted by Crippen LogP contribution is 2.51. The number of methoxy groups -OCH3 is 1. The molecule has 4 N–H and O–H groups in total. The minimum atomic E-state index is -0.492. The van der Waals surface area contributed by atoms with Gasteiger partial charge in [-0.3, -0.25) is 0 Å². The summed E-state index contributed by atoms with van der Waals surface area (Å²) < 4.78 is 11.1. The molecule has 1 aliphatic heterocycles. The molecule has 0 amide bonds. The van der Waals surface area contributed by atoms with Gasteiger partial charge in [0.25, 0.3) is 0 Å². The van der Waals surface area contributed by atoms with Crippen molar-refractivity contribution >= 4 is 0 Å². The lowest BCUT2D eigenvalue weighted by Gasteiger charge is -2.18. The smallest absolute Gasteiger partial charge is 0.165 e. The normalized spacial score (nSPS) is 18.7. The Morgan fingerprint density at radius 2 is 1.88 bits per heavy atom. The lowest BCUT2D eigenvalue weighted by molar-refractivity contribution is 0.157. The number of aliphatic hydroxyl groups is 2. The number of aromatic hydroxyl groups is 2. The molecule has 1 aliphatic rings. The van der Waals surface area contributed by atoms with Gasteiger partial charge in [0.05, 0.1) is 19.6 Å². The van der Waals surface area contributed by atoms with E-state index in [1.807, 2.05) is 6.07 Å². The van der Waals surface area contributed by atoms with Crippen molar-refractivity contribution in [2.45, 2.75) is 24.9 Å². The molecule has 0 saturated carbocycles. The second-order valence-corrected chi connectivity index (χ2v) is 6.12. The van der Waals surface area contributed by atoms with Crippen molar-refractivity contribution in [2.75, 3.05) is 20.3 Å². The van der Waals surface area contributed by atoms with E-state index in [1.165, 1.54) is 13.2 Å². The SMILES string of the molecule is COc1cc(C2Oc3c(O)cc(CCCO)cc3C2CO)ccc1O. The Morgan fingerprint density at radius 1 is 1.08 bits per heavy atom. The molecule has 0 saturated heterocycles. The summed E-state index contributed by atoms with van der Waals surface area (Å²) >= 11 is 0. The molecule has 6 heteroatoms. The zero-order valence-electron chi connectivity index (χ0n) is 14.0. The van der Waals surface area contributed by atoms with E-state index in [2.05, 4.69) is 0 Å². The molecule has 0 aromatic heterocycles. The van der Waals surface area contributed by atoms with Gasteiger partial charge in [-0.15, -0.1) is 0 Å². The molecule has 2 aromatic carbocycles. The van der Waals surface area contributed by atoms with E-state index in [0.717, 1.165) is 16.7 Å². The number of aliphatic hydroxyl groups excluding tert-OH is 2. The molecule has 0 radical (unpaired) electrons. The predicted molar refractivity (Wildman–Crippen MR) is 91.4 cm³/mol. The predicted octanol–water partition coefficient (Wildman–Crippen LogP) is 2.24. The Hall–Kier alpha value is -2.44. The molecule has 0 spiro atoms. The van der Waals surface area contributed by atoms with Gasteiger partial charge < -0.3 is 29.9 Å². The summed E-state index contributed by atoms with van der Waals surface area (Å²) in [7, 11) is 1.46. The lowest BCUT2D eigenvalue weighted by Crippen LogP contribution is -2.13. The van der Waals surface area contributed by atoms with E-state index >= 15 is 0 Å². The lowest BCUT2D eigenvalue weighted by atomic mass is 9.90. The van der Waals surface area contributed by atoms with Gasteiger partial charge in [0.2, 0.25) is 0 Å². The van der Waals surface area contributed by atoms with Crippen LogP contribution in [0.4, 0.5) is 0 Å². The summed E-state index contributed by atoms with van der Waals surface area (Å²) in [6.07, 6.45) is 0.739. The van der Waals surface area contributed by atoms with Crippen LogP contribution in [-0.4, -0.2) is 40.7 Å². The van der Waals surface area contributed by atoms with Gasteiger partial charge in [0, 0.05) is 12.2 Å². The number of hydrogen-bond donors (Lipinski definition) is 4. The van der Waals surface area contributed by atoms with E-state index in [4.69, 9.17) is 14.6 Å². The molecule has 2 aromatic rings. The fraction of sp³-hybridized carbons (Fsp3) is 0.368. The Morgan fingerprint density at radius 3 is 2.56 bits per heavy atom. The van der Waals surface area contributed by atoms with Crippen LogP contribution in [0.25, 0.3) is 0 Å². The van der Waals surface area contributed by atoms with E-state index in [0.29, 0.717) is 24.3 Å². The molecule has 0 bridgehead atoms. The number of benzene rings is 2. The van der Waals surface area contributed by atoms with Crippen molar-refractivity contribution in [2.24, 2.45) is 0 Å². The third kappa shape index (κ3) is 3.23. The first-order valence-corrected chi connectivity index (χ1v) is 8.20. The molecular weight excluding hydrogens is 324 g/mol. The molecule has 3 rings (SSSR count). The molecule has 0 fully saturated rings. The zero-order chi connectivity index (χ0) is 18.0. The Labute approximate surface area is 145 Å². The average molecular weight is 346 g/mol. The topological polar surface area (TPSA) is 99.4 Å². The summed E-state index contributed by atoms with van der Waals surface area (Å²) in [5.74, 6) is 0.392. The summed E-state index contributed by atoms with van der Waals surface area (Å²) in [4.78, 5) is 0. The third-order valence-corrected chi connectivity index (χ3v) is 4.52. The Bertz CT molecular complexity index is 758. The minimum absolute atomic E-state index is 0.0245. The van der Waals surface area contributed by atoms with Gasteiger partial charge in [-0.25, -0.2) is 0 Å². The number of ether oxygens (including phenoxy) is 2. The van der Waals surface area contributed by atoms with Gasteiger partial charge in [0.15, 0.2) is 23.0 Å². The van der Waals surface area contributed by atoms with Crippen molar-refractivity contribution in [1.82, 2.24) is 0 Å². The first-order chi connectivity index (χ1) is 12.1. The number of aryl methyl sites for hydroxylation is 1. The van der Waals surface area contributed by atoms with E-state index < -0.39 is 6.10 Å². The van der Waals surface area contributed by atoms with Crippen molar-refractivity contribution in [3.8, 4) is 23.0 Å². The first kappa shape index (κ1) is 17.4. The van der Waals surface area contributed by atoms with Crippen LogP contribution < -0.4 is 9.47 Å². The highest BCUT2D eigenvalue weighted by molar-refractivity contribution is 5.55. The van der Waals surface area contributed by atoms with Gasteiger partial charge >= 0.3 is 0 Å². The van der Waals surface area contributed by atoms with Gasteiger partial charge in [0.1, 0.15) is 6.10 Å². The maximum Gasteiger partial charge on any atom is 0.165 e. The van der Waals surface area contributed by atoms with Crippen LogP contribution >= 0.6 is 0 Å². The van der Waals surface area contributed by atoms with Crippen molar-refractivity contribution in [1.29, 1.82) is 0 Å². The van der Waals surface area contributed by atoms with Crippen LogP contribution in [0.2, 0.25) is 0 Å². The van der Waals surface area contributed by atoms with E-state index in [-0.39, 0.29) is 30.6 Å². The number of phenols is 2. The monoisotopic (exact) mass is 346 g/mol. The maximum absolute atomic E-state index is 10.3. The second kappa shape index (κ2) is 7.21. The fourth-order valence-electron chi connectivity index (χ4n) is 3.27. The first-order valence-electron chi connectivity index (χ1n) is 8.20. The highest BCUT2D eigenvalue weighted by Gasteiger charge is 2.37. The Kier molecular flexibility index (Phi) is 5.01. The summed E-state index contributed by atoms with van der Waals surface area (Å²) in [5.41, 5.74) is 2.37. The molecule has 0 aliphatic carbocycles. The summed E-state index contributed by atoms with van der Waals surface area (Å²) in [5, 5.41) is 39.0. The average Bonchev–Trinajstić information content (AvgIpc) is 2.99. The summed E-state index contributed by atoms with van der Waals surface area (Å²) in [6.45, 7) is -0.0720. The largest absolute Gasteiger partial charge is 0.504 e. The quantitative estimate of drug-likeness (QED) is 0.640.